The standard InChI is InChI=1S/C8H15F3O3/c1-12-4-5-14-7-6-13-3-2-8(9,10)11/h2-7H2,1H3. The first-order chi connectivity index (χ1) is 6.56. The van der Waals surface area contributed by atoms with Crippen molar-refractivity contribution < 1.29 is 27.4 Å². The molecule has 0 amide bonds. The number of hydrogen-bond donors (Lipinski definition) is 0. The molecule has 0 aliphatic rings. The summed E-state index contributed by atoms with van der Waals surface area (Å²) in [5, 5.41) is 0. The lowest BCUT2D eigenvalue weighted by Crippen LogP contribution is -2.14. The van der Waals surface area contributed by atoms with E-state index in [-0.39, 0.29) is 13.2 Å². The molecule has 0 spiro atoms. The highest BCUT2D eigenvalue weighted by atomic mass is 19.4. The van der Waals surface area contributed by atoms with Crippen molar-refractivity contribution in [1.29, 1.82) is 0 Å². The normalized spacial score (nSPS) is 12.0. The minimum atomic E-state index is -4.14. The highest BCUT2D eigenvalue weighted by Crippen LogP contribution is 2.18. The van der Waals surface area contributed by atoms with Crippen LogP contribution in [0.5, 0.6) is 0 Å². The summed E-state index contributed by atoms with van der Waals surface area (Å²) < 4.78 is 49.2. The molecular weight excluding hydrogens is 201 g/mol. The van der Waals surface area contributed by atoms with Crippen molar-refractivity contribution in [3.63, 3.8) is 0 Å². The fourth-order valence-corrected chi connectivity index (χ4v) is 0.652. The summed E-state index contributed by atoms with van der Waals surface area (Å²) in [5.74, 6) is 0. The van der Waals surface area contributed by atoms with E-state index >= 15 is 0 Å². The molecule has 0 saturated carbocycles. The van der Waals surface area contributed by atoms with Gasteiger partial charge in [0.05, 0.1) is 39.5 Å². The first-order valence-corrected chi connectivity index (χ1v) is 4.27. The summed E-state index contributed by atoms with van der Waals surface area (Å²) >= 11 is 0. The maximum atomic E-state index is 11.6. The van der Waals surface area contributed by atoms with Gasteiger partial charge in [-0.05, 0) is 0 Å². The maximum absolute atomic E-state index is 11.6. The van der Waals surface area contributed by atoms with Gasteiger partial charge in [0.2, 0.25) is 0 Å². The molecule has 6 heteroatoms. The van der Waals surface area contributed by atoms with E-state index in [2.05, 4.69) is 0 Å². The van der Waals surface area contributed by atoms with Crippen molar-refractivity contribution in [2.75, 3.05) is 40.1 Å². The van der Waals surface area contributed by atoms with Gasteiger partial charge in [-0.1, -0.05) is 0 Å². The summed E-state index contributed by atoms with van der Waals surface area (Å²) in [6, 6.07) is 0. The third-order valence-corrected chi connectivity index (χ3v) is 1.33. The molecule has 86 valence electrons. The lowest BCUT2D eigenvalue weighted by atomic mass is 10.4. The Balaban J connectivity index is 2.99. The smallest absolute Gasteiger partial charge is 0.382 e. The van der Waals surface area contributed by atoms with Gasteiger partial charge in [0.15, 0.2) is 0 Å². The molecule has 14 heavy (non-hydrogen) atoms. The predicted octanol–water partition coefficient (Wildman–Crippen LogP) is 1.62. The molecule has 0 unspecified atom stereocenters. The Bertz CT molecular complexity index is 127. The molecule has 0 aliphatic heterocycles. The zero-order valence-electron chi connectivity index (χ0n) is 8.10. The van der Waals surface area contributed by atoms with Gasteiger partial charge >= 0.3 is 6.18 Å². The quantitative estimate of drug-likeness (QED) is 0.577. The van der Waals surface area contributed by atoms with E-state index in [1.807, 2.05) is 0 Å². The second-order valence-electron chi connectivity index (χ2n) is 2.58. The molecule has 0 aliphatic carbocycles. The van der Waals surface area contributed by atoms with Crippen molar-refractivity contribution in [3.05, 3.63) is 0 Å². The summed E-state index contributed by atoms with van der Waals surface area (Å²) in [6.45, 7) is 1.07. The first-order valence-electron chi connectivity index (χ1n) is 4.27. The van der Waals surface area contributed by atoms with Gasteiger partial charge in [0, 0.05) is 7.11 Å². The third-order valence-electron chi connectivity index (χ3n) is 1.33. The van der Waals surface area contributed by atoms with Gasteiger partial charge in [0.25, 0.3) is 0 Å². The summed E-state index contributed by atoms with van der Waals surface area (Å²) in [7, 11) is 1.54. The molecule has 0 radical (unpaired) electrons. The molecule has 0 N–H and O–H groups in total. The molecule has 3 nitrogen and oxygen atoms in total. The van der Waals surface area contributed by atoms with Crippen molar-refractivity contribution in [1.82, 2.24) is 0 Å². The van der Waals surface area contributed by atoms with E-state index in [4.69, 9.17) is 14.2 Å². The fourth-order valence-electron chi connectivity index (χ4n) is 0.652. The molecule has 0 fully saturated rings. The van der Waals surface area contributed by atoms with Crippen LogP contribution in [0.4, 0.5) is 13.2 Å². The van der Waals surface area contributed by atoms with Crippen LogP contribution in [0.15, 0.2) is 0 Å². The number of alkyl halides is 3. The summed E-state index contributed by atoms with van der Waals surface area (Å²) in [6.07, 6.45) is -5.05. The van der Waals surface area contributed by atoms with Crippen LogP contribution >= 0.6 is 0 Å². The number of methoxy groups -OCH3 is 1. The molecular formula is C8H15F3O3. The molecule has 0 aromatic heterocycles. The average Bonchev–Trinajstić information content (AvgIpc) is 2.08. The Morgan fingerprint density at radius 3 is 1.86 bits per heavy atom. The van der Waals surface area contributed by atoms with Crippen LogP contribution in [0.3, 0.4) is 0 Å². The minimum Gasteiger partial charge on any atom is -0.382 e. The zero-order valence-corrected chi connectivity index (χ0v) is 8.10. The second kappa shape index (κ2) is 8.02. The van der Waals surface area contributed by atoms with Crippen LogP contribution in [-0.2, 0) is 14.2 Å². The Hall–Kier alpha value is -0.330. The maximum Gasteiger partial charge on any atom is 0.391 e. The Kier molecular flexibility index (Phi) is 7.83. The van der Waals surface area contributed by atoms with Crippen molar-refractivity contribution in [2.24, 2.45) is 0 Å². The van der Waals surface area contributed by atoms with Crippen molar-refractivity contribution in [3.8, 4) is 0 Å². The van der Waals surface area contributed by atoms with E-state index < -0.39 is 12.6 Å². The lowest BCUT2D eigenvalue weighted by molar-refractivity contribution is -0.146. The Labute approximate surface area is 81.1 Å². The van der Waals surface area contributed by atoms with E-state index in [0.717, 1.165) is 0 Å². The van der Waals surface area contributed by atoms with Crippen molar-refractivity contribution >= 4 is 0 Å². The molecule has 0 atom stereocenters. The third kappa shape index (κ3) is 11.7. The van der Waals surface area contributed by atoms with Gasteiger partial charge in [0.1, 0.15) is 0 Å². The summed E-state index contributed by atoms with van der Waals surface area (Å²) in [5.41, 5.74) is 0. The topological polar surface area (TPSA) is 27.7 Å². The highest BCUT2D eigenvalue weighted by Gasteiger charge is 2.26. The Morgan fingerprint density at radius 1 is 0.857 bits per heavy atom. The van der Waals surface area contributed by atoms with Gasteiger partial charge in [-0.3, -0.25) is 0 Å². The average molecular weight is 216 g/mol. The minimum absolute atomic E-state index is 0.180. The number of rotatable bonds is 8. The van der Waals surface area contributed by atoms with Crippen molar-refractivity contribution in [2.45, 2.75) is 12.6 Å². The van der Waals surface area contributed by atoms with Gasteiger partial charge < -0.3 is 14.2 Å². The molecule has 0 saturated heterocycles. The van der Waals surface area contributed by atoms with E-state index in [0.29, 0.717) is 19.8 Å². The van der Waals surface area contributed by atoms with Crippen LogP contribution in [-0.4, -0.2) is 46.3 Å². The number of ether oxygens (including phenoxy) is 3. The van der Waals surface area contributed by atoms with Gasteiger partial charge in [-0.15, -0.1) is 0 Å². The van der Waals surface area contributed by atoms with E-state index in [1.165, 1.54) is 0 Å². The Morgan fingerprint density at radius 2 is 1.36 bits per heavy atom. The fraction of sp³-hybridized carbons (Fsp3) is 1.00. The van der Waals surface area contributed by atoms with E-state index in [1.54, 1.807) is 7.11 Å². The number of halogens is 3. The van der Waals surface area contributed by atoms with Gasteiger partial charge in [-0.25, -0.2) is 0 Å². The SMILES string of the molecule is COCCOCCOCCC(F)(F)F. The molecule has 0 heterocycles. The van der Waals surface area contributed by atoms with Gasteiger partial charge in [-0.2, -0.15) is 13.2 Å². The predicted molar refractivity (Wildman–Crippen MR) is 44.2 cm³/mol. The van der Waals surface area contributed by atoms with Crippen LogP contribution in [0.1, 0.15) is 6.42 Å². The monoisotopic (exact) mass is 216 g/mol. The molecule has 0 aromatic carbocycles. The lowest BCUT2D eigenvalue weighted by Gasteiger charge is -2.07. The zero-order chi connectivity index (χ0) is 10.9. The van der Waals surface area contributed by atoms with E-state index in [9.17, 15) is 13.2 Å². The highest BCUT2D eigenvalue weighted by molar-refractivity contribution is 4.47. The van der Waals surface area contributed by atoms with Crippen LogP contribution in [0.2, 0.25) is 0 Å². The van der Waals surface area contributed by atoms with Crippen LogP contribution in [0.25, 0.3) is 0 Å². The molecule has 0 bridgehead atoms. The number of hydrogen-bond acceptors (Lipinski definition) is 3. The largest absolute Gasteiger partial charge is 0.391 e. The van der Waals surface area contributed by atoms with Crippen LogP contribution in [0, 0.1) is 0 Å². The second-order valence-corrected chi connectivity index (χ2v) is 2.58. The van der Waals surface area contributed by atoms with Crippen LogP contribution < -0.4 is 0 Å². The summed E-state index contributed by atoms with van der Waals surface area (Å²) in [4.78, 5) is 0. The first kappa shape index (κ1) is 13.7. The molecule has 0 rings (SSSR count). The molecule has 0 aromatic rings.